The molecule has 1 aromatic rings. The van der Waals surface area contributed by atoms with Crippen LogP contribution in [0.4, 0.5) is 0 Å². The van der Waals surface area contributed by atoms with E-state index in [0.717, 1.165) is 18.4 Å². The van der Waals surface area contributed by atoms with E-state index in [2.05, 4.69) is 11.9 Å². The van der Waals surface area contributed by atoms with Crippen LogP contribution in [0.25, 0.3) is 0 Å². The molecule has 3 aliphatic rings. The first-order valence-electron chi connectivity index (χ1n) is 7.92. The van der Waals surface area contributed by atoms with E-state index in [4.69, 9.17) is 9.47 Å². The highest BCUT2D eigenvalue weighted by atomic mass is 16.6. The summed E-state index contributed by atoms with van der Waals surface area (Å²) in [5.74, 6) is -0.915. The van der Waals surface area contributed by atoms with E-state index in [9.17, 15) is 9.90 Å². The van der Waals surface area contributed by atoms with Gasteiger partial charge in [0.1, 0.15) is 24.2 Å². The first-order chi connectivity index (χ1) is 10.7. The van der Waals surface area contributed by atoms with E-state index in [1.54, 1.807) is 0 Å². The van der Waals surface area contributed by atoms with Crippen LogP contribution in [0, 0.1) is 0 Å². The summed E-state index contributed by atoms with van der Waals surface area (Å²) in [4.78, 5) is 14.8. The number of likely N-dealkylation sites (N-methyl/N-ethyl adjacent to an activating group) is 1. The Hall–Kier alpha value is -1.43. The number of ether oxygens (including phenoxy) is 2. The van der Waals surface area contributed by atoms with Crippen molar-refractivity contribution in [3.63, 3.8) is 0 Å². The maximum atomic E-state index is 12.4. The minimum Gasteiger partial charge on any atom is -0.462 e. The van der Waals surface area contributed by atoms with Gasteiger partial charge in [0.2, 0.25) is 0 Å². The maximum absolute atomic E-state index is 12.4. The molecule has 0 aromatic heterocycles. The van der Waals surface area contributed by atoms with Crippen LogP contribution in [-0.2, 0) is 14.3 Å². The third kappa shape index (κ3) is 2.24. The van der Waals surface area contributed by atoms with E-state index in [-0.39, 0.29) is 18.7 Å². The Morgan fingerprint density at radius 3 is 2.55 bits per heavy atom. The zero-order valence-electron chi connectivity index (χ0n) is 12.6. The Morgan fingerprint density at radius 1 is 1.32 bits per heavy atom. The fraction of sp³-hybridized carbons (Fsp3) is 0.588. The van der Waals surface area contributed by atoms with Gasteiger partial charge in [-0.25, -0.2) is 0 Å². The molecule has 3 saturated heterocycles. The van der Waals surface area contributed by atoms with Gasteiger partial charge < -0.3 is 14.6 Å². The molecule has 1 unspecified atom stereocenters. The van der Waals surface area contributed by atoms with Gasteiger partial charge in [-0.15, -0.1) is 0 Å². The Balaban J connectivity index is 1.42. The lowest BCUT2D eigenvalue weighted by Crippen LogP contribution is -2.48. The number of fused-ring (bicyclic) bond motifs is 5. The molecule has 0 aliphatic carbocycles. The second kappa shape index (κ2) is 5.33. The van der Waals surface area contributed by atoms with Crippen molar-refractivity contribution in [3.8, 4) is 0 Å². The quantitative estimate of drug-likeness (QED) is 0.662. The van der Waals surface area contributed by atoms with Crippen molar-refractivity contribution in [1.29, 1.82) is 0 Å². The molecule has 2 bridgehead atoms. The molecular formula is C17H21NO4. The number of rotatable bonds is 4. The van der Waals surface area contributed by atoms with E-state index in [1.165, 1.54) is 0 Å². The second-order valence-corrected chi connectivity index (χ2v) is 6.54. The first-order valence-corrected chi connectivity index (χ1v) is 7.92. The van der Waals surface area contributed by atoms with Gasteiger partial charge in [-0.2, -0.15) is 0 Å². The van der Waals surface area contributed by atoms with Crippen LogP contribution >= 0.6 is 0 Å². The molecule has 0 radical (unpaired) electrons. The number of hydrogen-bond donors (Lipinski definition) is 1. The molecular weight excluding hydrogens is 282 g/mol. The molecule has 0 spiro atoms. The van der Waals surface area contributed by atoms with Crippen molar-refractivity contribution in [2.75, 3.05) is 13.7 Å². The van der Waals surface area contributed by atoms with E-state index < -0.39 is 5.92 Å². The first kappa shape index (κ1) is 14.2. The van der Waals surface area contributed by atoms with Gasteiger partial charge in [0, 0.05) is 24.9 Å². The molecule has 1 aromatic carbocycles. The van der Waals surface area contributed by atoms with Gasteiger partial charge in [-0.05, 0) is 12.6 Å². The summed E-state index contributed by atoms with van der Waals surface area (Å²) < 4.78 is 11.4. The van der Waals surface area contributed by atoms with Gasteiger partial charge in [0.15, 0.2) is 0 Å². The van der Waals surface area contributed by atoms with Crippen LogP contribution in [-0.4, -0.2) is 60.0 Å². The Bertz CT molecular complexity index is 545. The van der Waals surface area contributed by atoms with Crippen LogP contribution in [0.15, 0.2) is 30.3 Å². The summed E-state index contributed by atoms with van der Waals surface area (Å²) in [7, 11) is 2.13. The molecule has 3 heterocycles. The fourth-order valence-corrected chi connectivity index (χ4v) is 4.04. The molecule has 0 amide bonds. The van der Waals surface area contributed by atoms with Crippen molar-refractivity contribution in [3.05, 3.63) is 35.9 Å². The minimum absolute atomic E-state index is 0.0622. The van der Waals surface area contributed by atoms with Crippen LogP contribution in [0.1, 0.15) is 24.3 Å². The number of aliphatic hydroxyl groups excluding tert-OH is 1. The molecule has 3 fully saturated rings. The standard InChI is InChI=1S/C17H21NO4/c1-18-13-7-11(8-14(18)16-15(13)22-16)21-17(20)12(9-19)10-5-3-2-4-6-10/h2-6,11-16,19H,7-9H2,1H3/t11-,12-,13-,14+,15?,16+/m1/s1. The topological polar surface area (TPSA) is 62.3 Å². The lowest BCUT2D eigenvalue weighted by Gasteiger charge is -2.38. The molecule has 4 rings (SSSR count). The third-order valence-electron chi connectivity index (χ3n) is 5.33. The van der Waals surface area contributed by atoms with Gasteiger partial charge in [0.25, 0.3) is 0 Å². The highest BCUT2D eigenvalue weighted by molar-refractivity contribution is 5.78. The summed E-state index contributed by atoms with van der Waals surface area (Å²) in [5.41, 5.74) is 0.803. The SMILES string of the molecule is CN1[C@@H]2C[C@@H](OC(=O)[C@H](CO)c3ccccc3)C[C@H]1[C@@H]1OC12. The largest absolute Gasteiger partial charge is 0.462 e. The summed E-state index contributed by atoms with van der Waals surface area (Å²) in [5, 5.41) is 9.56. The lowest BCUT2D eigenvalue weighted by molar-refractivity contribution is -0.156. The Morgan fingerprint density at radius 2 is 1.95 bits per heavy atom. The number of esters is 1. The predicted molar refractivity (Wildman–Crippen MR) is 79.4 cm³/mol. The van der Waals surface area contributed by atoms with Crippen LogP contribution < -0.4 is 0 Å². The number of hydrogen-bond acceptors (Lipinski definition) is 5. The summed E-state index contributed by atoms with van der Waals surface area (Å²) in [6.45, 7) is -0.226. The van der Waals surface area contributed by atoms with Gasteiger partial charge in [-0.1, -0.05) is 30.3 Å². The van der Waals surface area contributed by atoms with Crippen LogP contribution in [0.3, 0.4) is 0 Å². The highest BCUT2D eigenvalue weighted by Gasteiger charge is 2.62. The molecule has 5 nitrogen and oxygen atoms in total. The van der Waals surface area contributed by atoms with E-state index >= 15 is 0 Å². The third-order valence-corrected chi connectivity index (χ3v) is 5.33. The number of carbonyl (C=O) groups excluding carboxylic acids is 1. The fourth-order valence-electron chi connectivity index (χ4n) is 4.04. The van der Waals surface area contributed by atoms with Gasteiger partial charge in [-0.3, -0.25) is 9.69 Å². The van der Waals surface area contributed by atoms with Crippen molar-refractivity contribution in [2.45, 2.75) is 49.2 Å². The zero-order valence-corrected chi connectivity index (χ0v) is 12.6. The number of epoxide rings is 1. The monoisotopic (exact) mass is 303 g/mol. The maximum Gasteiger partial charge on any atom is 0.316 e. The molecule has 6 atom stereocenters. The Kier molecular flexibility index (Phi) is 3.44. The summed E-state index contributed by atoms with van der Waals surface area (Å²) >= 11 is 0. The van der Waals surface area contributed by atoms with Crippen molar-refractivity contribution in [2.24, 2.45) is 0 Å². The number of piperidine rings is 1. The van der Waals surface area contributed by atoms with Crippen molar-refractivity contribution in [1.82, 2.24) is 4.90 Å². The lowest BCUT2D eigenvalue weighted by atomic mass is 9.97. The summed E-state index contributed by atoms with van der Waals surface area (Å²) in [6.07, 6.45) is 2.26. The molecule has 22 heavy (non-hydrogen) atoms. The van der Waals surface area contributed by atoms with Crippen molar-refractivity contribution < 1.29 is 19.4 Å². The highest BCUT2D eigenvalue weighted by Crippen LogP contribution is 2.48. The summed E-state index contributed by atoms with van der Waals surface area (Å²) in [6, 6.07) is 10.1. The predicted octanol–water partition coefficient (Wildman–Crippen LogP) is 0.918. The minimum atomic E-state index is -0.593. The average Bonchev–Trinajstić information content (AvgIpc) is 3.27. The number of nitrogens with zero attached hydrogens (tertiary/aromatic N) is 1. The molecule has 0 saturated carbocycles. The molecule has 5 heteroatoms. The normalized spacial score (nSPS) is 37.5. The number of morpholine rings is 1. The number of benzene rings is 1. The van der Waals surface area contributed by atoms with Gasteiger partial charge in [0.05, 0.1) is 6.61 Å². The van der Waals surface area contributed by atoms with Crippen molar-refractivity contribution >= 4 is 5.97 Å². The molecule has 3 aliphatic heterocycles. The van der Waals surface area contributed by atoms with E-state index in [1.807, 2.05) is 30.3 Å². The van der Waals surface area contributed by atoms with E-state index in [0.29, 0.717) is 24.3 Å². The molecule has 1 N–H and O–H groups in total. The Labute approximate surface area is 129 Å². The van der Waals surface area contributed by atoms with Crippen LogP contribution in [0.2, 0.25) is 0 Å². The van der Waals surface area contributed by atoms with Crippen LogP contribution in [0.5, 0.6) is 0 Å². The molecule has 118 valence electrons. The second-order valence-electron chi connectivity index (χ2n) is 6.54. The van der Waals surface area contributed by atoms with Gasteiger partial charge >= 0.3 is 5.97 Å². The number of aliphatic hydroxyl groups is 1. The zero-order chi connectivity index (χ0) is 15.3. The smallest absolute Gasteiger partial charge is 0.316 e. The number of carbonyl (C=O) groups is 1. The average molecular weight is 303 g/mol.